The van der Waals surface area contributed by atoms with Crippen molar-refractivity contribution in [2.24, 2.45) is 22.4 Å². The first-order valence-electron chi connectivity index (χ1n) is 9.72. The number of hydrogen-bond donors (Lipinski definition) is 4. The fourth-order valence-corrected chi connectivity index (χ4v) is 2.19. The number of hydrogen-bond acceptors (Lipinski definition) is 5. The van der Waals surface area contributed by atoms with Crippen molar-refractivity contribution in [1.29, 1.82) is 0 Å². The smallest absolute Gasteiger partial charge is 0.270 e. The van der Waals surface area contributed by atoms with Crippen LogP contribution in [0, 0.1) is 0 Å². The van der Waals surface area contributed by atoms with E-state index < -0.39 is 5.92 Å². The number of nitrogens with one attached hydrogen (secondary N) is 1. The molecule has 0 saturated carbocycles. The molecule has 162 valence electrons. The number of alkyl halides is 2. The number of amidine groups is 1. The van der Waals surface area contributed by atoms with Gasteiger partial charge < -0.3 is 16.8 Å². The minimum Gasteiger partial charge on any atom is -0.382 e. The molecule has 0 heterocycles. The van der Waals surface area contributed by atoms with E-state index in [2.05, 4.69) is 10.4 Å². The average Bonchev–Trinajstić information content (AvgIpc) is 2.71. The Morgan fingerprint density at radius 2 is 1.59 bits per heavy atom. The zero-order chi connectivity index (χ0) is 22.4. The molecule has 0 spiro atoms. The second kappa shape index (κ2) is 13.5. The lowest BCUT2D eigenvalue weighted by Crippen LogP contribution is -2.33. The number of hydrazine groups is 1. The Kier molecular flexibility index (Phi) is 12.2. The summed E-state index contributed by atoms with van der Waals surface area (Å²) in [4.78, 5) is 0. The zero-order valence-electron chi connectivity index (χ0n) is 17.9. The molecule has 0 radical (unpaired) electrons. The highest BCUT2D eigenvalue weighted by molar-refractivity contribution is 6.02. The summed E-state index contributed by atoms with van der Waals surface area (Å²) in [5.41, 5.74) is 13.4. The van der Waals surface area contributed by atoms with Gasteiger partial charge in [-0.15, -0.1) is 5.10 Å². The lowest BCUT2D eigenvalue weighted by atomic mass is 10.1. The summed E-state index contributed by atoms with van der Waals surface area (Å²) in [6.45, 7) is 9.58. The van der Waals surface area contributed by atoms with E-state index in [-0.39, 0.29) is 11.4 Å². The summed E-state index contributed by atoms with van der Waals surface area (Å²) < 4.78 is 26.6. The summed E-state index contributed by atoms with van der Waals surface area (Å²) in [6.07, 6.45) is 0. The molecular weight excluding hydrogens is 374 g/mol. The van der Waals surface area contributed by atoms with Gasteiger partial charge in [-0.05, 0) is 24.3 Å². The summed E-state index contributed by atoms with van der Waals surface area (Å²) >= 11 is 0. The van der Waals surface area contributed by atoms with Crippen LogP contribution in [0.2, 0.25) is 0 Å². The van der Waals surface area contributed by atoms with E-state index in [1.807, 2.05) is 45.9 Å². The largest absolute Gasteiger partial charge is 0.382 e. The number of para-hydroxylation sites is 1. The molecule has 7 N–H and O–H groups in total. The van der Waals surface area contributed by atoms with Crippen LogP contribution in [0.1, 0.15) is 45.7 Å². The molecule has 0 fully saturated rings. The molecule has 0 saturated heterocycles. The molecule has 2 rings (SSSR count). The molecule has 8 heteroatoms. The van der Waals surface area contributed by atoms with Gasteiger partial charge in [0.05, 0.1) is 6.54 Å². The summed E-state index contributed by atoms with van der Waals surface area (Å²) in [5, 5.41) is 8.39. The zero-order valence-corrected chi connectivity index (χ0v) is 17.9. The maximum absolute atomic E-state index is 13.3. The van der Waals surface area contributed by atoms with Gasteiger partial charge in [0.25, 0.3) is 5.92 Å². The van der Waals surface area contributed by atoms with Gasteiger partial charge in [-0.25, -0.2) is 19.7 Å². The van der Waals surface area contributed by atoms with Crippen LogP contribution in [0.3, 0.4) is 0 Å². The third-order valence-corrected chi connectivity index (χ3v) is 3.47. The van der Waals surface area contributed by atoms with Crippen LogP contribution >= 0.6 is 0 Å². The van der Waals surface area contributed by atoms with Crippen LogP contribution in [-0.2, 0) is 5.92 Å². The second-order valence-corrected chi connectivity index (χ2v) is 5.57. The quantitative estimate of drug-likeness (QED) is 0.236. The van der Waals surface area contributed by atoms with Gasteiger partial charge in [0.1, 0.15) is 0 Å². The first-order chi connectivity index (χ1) is 13.8. The van der Waals surface area contributed by atoms with E-state index in [0.717, 1.165) is 6.92 Å². The van der Waals surface area contributed by atoms with Crippen LogP contribution < -0.4 is 22.6 Å². The van der Waals surface area contributed by atoms with Crippen LogP contribution in [0.5, 0.6) is 0 Å². The number of benzene rings is 2. The average molecular weight is 409 g/mol. The van der Waals surface area contributed by atoms with Crippen molar-refractivity contribution in [2.75, 3.05) is 18.4 Å². The molecule has 0 aliphatic carbocycles. The highest BCUT2D eigenvalue weighted by atomic mass is 19.3. The Morgan fingerprint density at radius 3 is 2.10 bits per heavy atom. The molecule has 2 aromatic rings. The molecule has 6 nitrogen and oxygen atoms in total. The van der Waals surface area contributed by atoms with Crippen LogP contribution in [-0.4, -0.2) is 24.0 Å². The van der Waals surface area contributed by atoms with Gasteiger partial charge in [0, 0.05) is 36.0 Å². The highest BCUT2D eigenvalue weighted by Crippen LogP contribution is 2.29. The number of nitrogens with two attached hydrogens (primary N) is 3. The van der Waals surface area contributed by atoms with E-state index in [0.29, 0.717) is 30.0 Å². The topological polar surface area (TPSA) is 106 Å². The predicted molar refractivity (Wildman–Crippen MR) is 119 cm³/mol. The molecule has 0 aliphatic heterocycles. The molecule has 0 atom stereocenters. The van der Waals surface area contributed by atoms with Crippen molar-refractivity contribution >= 4 is 17.2 Å². The van der Waals surface area contributed by atoms with E-state index >= 15 is 0 Å². The van der Waals surface area contributed by atoms with E-state index in [9.17, 15) is 8.78 Å². The van der Waals surface area contributed by atoms with Gasteiger partial charge in [-0.1, -0.05) is 52.0 Å². The van der Waals surface area contributed by atoms with E-state index in [4.69, 9.17) is 17.3 Å². The van der Waals surface area contributed by atoms with Crippen molar-refractivity contribution in [3.8, 4) is 0 Å². The molecule has 0 bridgehead atoms. The molecule has 0 amide bonds. The summed E-state index contributed by atoms with van der Waals surface area (Å²) in [7, 11) is 0. The standard InChI is InChI=1S/C17H22F2N6.2C2H6/c1-17(18,19)12-6-8-13(9-7-12)23-15-5-3-2-4-14(15)16(21)24-25(22)11-10-20;2*1-2/h2-9,23H,10-11,20,22H2,1H3,(H2,21,24);2*1-2H3. The lowest BCUT2D eigenvalue weighted by Gasteiger charge is -2.16. The summed E-state index contributed by atoms with van der Waals surface area (Å²) in [6, 6.07) is 13.2. The summed E-state index contributed by atoms with van der Waals surface area (Å²) in [5.74, 6) is 3.02. The Hall–Kier alpha value is -2.71. The maximum Gasteiger partial charge on any atom is 0.270 e. The van der Waals surface area contributed by atoms with E-state index in [1.54, 1.807) is 18.2 Å². The number of nitrogens with zero attached hydrogens (tertiary/aromatic N) is 2. The van der Waals surface area contributed by atoms with E-state index in [1.165, 1.54) is 17.3 Å². The van der Waals surface area contributed by atoms with Crippen LogP contribution in [0.15, 0.2) is 53.6 Å². The number of halogens is 2. The second-order valence-electron chi connectivity index (χ2n) is 5.57. The fraction of sp³-hybridized carbons (Fsp3) is 0.381. The lowest BCUT2D eigenvalue weighted by molar-refractivity contribution is 0.0175. The third kappa shape index (κ3) is 8.89. The van der Waals surface area contributed by atoms with Crippen molar-refractivity contribution in [3.63, 3.8) is 0 Å². The van der Waals surface area contributed by atoms with Gasteiger partial charge in [-0.2, -0.15) is 0 Å². The third-order valence-electron chi connectivity index (χ3n) is 3.47. The highest BCUT2D eigenvalue weighted by Gasteiger charge is 2.23. The number of anilines is 2. The normalized spacial score (nSPS) is 10.9. The minimum absolute atomic E-state index is 0.0482. The van der Waals surface area contributed by atoms with Crippen molar-refractivity contribution in [3.05, 3.63) is 59.7 Å². The van der Waals surface area contributed by atoms with Crippen LogP contribution in [0.4, 0.5) is 20.2 Å². The predicted octanol–water partition coefficient (Wildman–Crippen LogP) is 4.35. The number of rotatable bonds is 7. The first kappa shape index (κ1) is 26.3. The molecule has 0 aliphatic rings. The van der Waals surface area contributed by atoms with Crippen molar-refractivity contribution < 1.29 is 8.78 Å². The number of hydrazone groups is 1. The Morgan fingerprint density at radius 1 is 1.03 bits per heavy atom. The first-order valence-corrected chi connectivity index (χ1v) is 9.72. The molecule has 0 unspecified atom stereocenters. The monoisotopic (exact) mass is 408 g/mol. The molecule has 0 aromatic heterocycles. The fourth-order valence-electron chi connectivity index (χ4n) is 2.19. The molecular formula is C21H34F2N6. The van der Waals surface area contributed by atoms with Gasteiger partial charge in [-0.3, -0.25) is 0 Å². The van der Waals surface area contributed by atoms with Gasteiger partial charge in [0.15, 0.2) is 5.84 Å². The Labute approximate surface area is 172 Å². The minimum atomic E-state index is -2.87. The molecule has 29 heavy (non-hydrogen) atoms. The van der Waals surface area contributed by atoms with Gasteiger partial charge in [0.2, 0.25) is 0 Å². The van der Waals surface area contributed by atoms with Crippen LogP contribution in [0.25, 0.3) is 0 Å². The SMILES string of the molecule is CC.CC.CC(F)(F)c1ccc(Nc2ccccc2/C(N)=N/N(N)CCN)cc1. The van der Waals surface area contributed by atoms with Crippen molar-refractivity contribution in [2.45, 2.75) is 40.5 Å². The Bertz CT molecular complexity index is 727. The molecule has 2 aromatic carbocycles. The Balaban J connectivity index is 0.00000184. The van der Waals surface area contributed by atoms with Crippen molar-refractivity contribution in [1.82, 2.24) is 5.12 Å². The maximum atomic E-state index is 13.3. The van der Waals surface area contributed by atoms with Gasteiger partial charge >= 0.3 is 0 Å².